The molecule has 0 aliphatic rings. The van der Waals surface area contributed by atoms with Crippen LogP contribution in [0.1, 0.15) is 5.56 Å². The topological polar surface area (TPSA) is 9.23 Å². The molecular formula is C13H9BrClFOZn. The van der Waals surface area contributed by atoms with Crippen molar-refractivity contribution in [3.63, 3.8) is 0 Å². The van der Waals surface area contributed by atoms with Crippen molar-refractivity contribution in [3.05, 3.63) is 64.9 Å². The van der Waals surface area contributed by atoms with E-state index in [1.54, 1.807) is 6.07 Å². The first kappa shape index (κ1) is 15.6. The predicted molar refractivity (Wildman–Crippen MR) is 69.9 cm³/mol. The van der Waals surface area contributed by atoms with Crippen LogP contribution in [-0.2, 0) is 22.9 Å². The van der Waals surface area contributed by atoms with Crippen LogP contribution in [0.4, 0.5) is 4.39 Å². The van der Waals surface area contributed by atoms with E-state index >= 15 is 0 Å². The summed E-state index contributed by atoms with van der Waals surface area (Å²) < 4.78 is 18.2. The zero-order valence-corrected chi connectivity index (χ0v) is 14.8. The molecule has 1 nitrogen and oxygen atoms in total. The average Bonchev–Trinajstić information content (AvgIpc) is 2.40. The molecule has 0 saturated heterocycles. The molecular weight excluding hydrogens is 372 g/mol. The monoisotopic (exact) mass is 378 g/mol. The molecule has 0 saturated carbocycles. The van der Waals surface area contributed by atoms with Crippen molar-refractivity contribution in [1.82, 2.24) is 0 Å². The summed E-state index contributed by atoms with van der Waals surface area (Å²) in [6.07, 6.45) is 0. The van der Waals surface area contributed by atoms with Crippen LogP contribution in [0, 0.1) is 11.9 Å². The van der Waals surface area contributed by atoms with Gasteiger partial charge in [-0.25, -0.2) is 4.39 Å². The SMILES string of the molecule is Fc1cc[c-]c(OCc2ccccc2Cl)c1.[Zn+][Br]. The summed E-state index contributed by atoms with van der Waals surface area (Å²) in [4.78, 5) is 0. The first-order valence-corrected chi connectivity index (χ1v) is 12.4. The van der Waals surface area contributed by atoms with Gasteiger partial charge in [-0.3, -0.25) is 0 Å². The quantitative estimate of drug-likeness (QED) is 0.554. The van der Waals surface area contributed by atoms with Gasteiger partial charge in [0, 0.05) is 22.2 Å². The van der Waals surface area contributed by atoms with Gasteiger partial charge in [0.05, 0.1) is 0 Å². The Morgan fingerprint density at radius 2 is 2.00 bits per heavy atom. The number of rotatable bonds is 3. The van der Waals surface area contributed by atoms with Crippen LogP contribution in [-0.4, -0.2) is 0 Å². The molecule has 90 valence electrons. The van der Waals surface area contributed by atoms with Crippen LogP contribution < -0.4 is 4.74 Å². The van der Waals surface area contributed by atoms with Crippen LogP contribution in [0.2, 0.25) is 5.02 Å². The van der Waals surface area contributed by atoms with Gasteiger partial charge in [0.15, 0.2) is 0 Å². The van der Waals surface area contributed by atoms with E-state index in [0.29, 0.717) is 17.4 Å². The van der Waals surface area contributed by atoms with Crippen LogP contribution >= 0.6 is 25.2 Å². The Morgan fingerprint density at radius 3 is 2.67 bits per heavy atom. The van der Waals surface area contributed by atoms with Gasteiger partial charge in [-0.15, -0.1) is 12.1 Å². The summed E-state index contributed by atoms with van der Waals surface area (Å²) in [5.74, 6) is 0.0350. The molecule has 5 heteroatoms. The van der Waals surface area contributed by atoms with Crippen molar-refractivity contribution in [2.45, 2.75) is 6.61 Å². The molecule has 0 atom stereocenters. The minimum atomic E-state index is -0.340. The van der Waals surface area contributed by atoms with E-state index in [0.717, 1.165) is 5.56 Å². The maximum absolute atomic E-state index is 12.8. The second kappa shape index (κ2) is 8.63. The Morgan fingerprint density at radius 1 is 1.28 bits per heavy atom. The van der Waals surface area contributed by atoms with Crippen molar-refractivity contribution in [2.75, 3.05) is 0 Å². The van der Waals surface area contributed by atoms with E-state index in [9.17, 15) is 4.39 Å². The van der Waals surface area contributed by atoms with Gasteiger partial charge in [0.2, 0.25) is 0 Å². The summed E-state index contributed by atoms with van der Waals surface area (Å²) in [6.45, 7) is 0.305. The van der Waals surface area contributed by atoms with Crippen molar-refractivity contribution in [1.29, 1.82) is 0 Å². The Labute approximate surface area is 127 Å². The summed E-state index contributed by atoms with van der Waals surface area (Å²) in [5.41, 5.74) is 0.863. The van der Waals surface area contributed by atoms with Crippen molar-refractivity contribution < 1.29 is 25.5 Å². The molecule has 0 spiro atoms. The molecule has 0 aromatic heterocycles. The zero-order valence-electron chi connectivity index (χ0n) is 9.50. The summed E-state index contributed by atoms with van der Waals surface area (Å²) in [5, 5.41) is 0.638. The number of halogens is 3. The molecule has 2 rings (SSSR count). The Bertz CT molecular complexity index is 496. The van der Waals surface area contributed by atoms with Crippen molar-refractivity contribution in [2.24, 2.45) is 0 Å². The Kier molecular flexibility index (Phi) is 7.49. The normalized spacial score (nSPS) is 9.39. The molecule has 0 amide bonds. The third-order valence-corrected chi connectivity index (χ3v) is 2.45. The maximum atomic E-state index is 12.8. The molecule has 2 aromatic carbocycles. The van der Waals surface area contributed by atoms with Gasteiger partial charge in [-0.2, -0.15) is 6.07 Å². The van der Waals surface area contributed by atoms with Gasteiger partial charge in [0.1, 0.15) is 6.61 Å². The Balaban J connectivity index is 0.000000771. The number of benzene rings is 2. The van der Waals surface area contributed by atoms with Crippen LogP contribution in [0.15, 0.2) is 42.5 Å². The third-order valence-electron chi connectivity index (χ3n) is 2.08. The first-order valence-electron chi connectivity index (χ1n) is 5.06. The fraction of sp³-hybridized carbons (Fsp3) is 0.0769. The molecule has 0 bridgehead atoms. The van der Waals surface area contributed by atoms with Gasteiger partial charge >= 0.3 is 30.0 Å². The fourth-order valence-electron chi connectivity index (χ4n) is 1.27. The molecule has 0 aliphatic carbocycles. The second-order valence-electron chi connectivity index (χ2n) is 3.25. The summed E-state index contributed by atoms with van der Waals surface area (Å²) >= 11 is 10.2. The number of hydrogen-bond donors (Lipinski definition) is 0. The van der Waals surface area contributed by atoms with Crippen molar-refractivity contribution >= 4 is 25.2 Å². The van der Waals surface area contributed by atoms with E-state index in [1.807, 2.05) is 18.2 Å². The van der Waals surface area contributed by atoms with Crippen molar-refractivity contribution in [3.8, 4) is 5.75 Å². The van der Waals surface area contributed by atoms with Gasteiger partial charge in [-0.1, -0.05) is 35.9 Å². The molecule has 0 aliphatic heterocycles. The van der Waals surface area contributed by atoms with Crippen LogP contribution in [0.25, 0.3) is 0 Å². The van der Waals surface area contributed by atoms with Crippen LogP contribution in [0.3, 0.4) is 0 Å². The minimum absolute atomic E-state index is 0.305. The van der Waals surface area contributed by atoms with E-state index < -0.39 is 0 Å². The standard InChI is InChI=1S/C13H9ClFO.BrH.Zn/c14-13-7-2-1-4-10(13)9-16-12-6-3-5-11(15)8-12;;/h1-5,7-8H,9H2;1H;/q-1;;+2/p-1. The number of ether oxygens (including phenoxy) is 1. The molecule has 0 N–H and O–H groups in total. The Hall–Kier alpha value is -0.437. The predicted octanol–water partition coefficient (Wildman–Crippen LogP) is 4.70. The van der Waals surface area contributed by atoms with E-state index in [4.69, 9.17) is 16.3 Å². The van der Waals surface area contributed by atoms with Gasteiger partial charge in [0.25, 0.3) is 0 Å². The molecule has 0 radical (unpaired) electrons. The van der Waals surface area contributed by atoms with Crippen LogP contribution in [0.5, 0.6) is 5.75 Å². The molecule has 0 fully saturated rings. The molecule has 0 unspecified atom stereocenters. The van der Waals surface area contributed by atoms with E-state index in [1.165, 1.54) is 34.5 Å². The zero-order chi connectivity index (χ0) is 13.4. The van der Waals surface area contributed by atoms with Gasteiger partial charge < -0.3 is 4.74 Å². The molecule has 2 aromatic rings. The van der Waals surface area contributed by atoms with E-state index in [2.05, 4.69) is 19.7 Å². The molecule has 0 heterocycles. The fourth-order valence-corrected chi connectivity index (χ4v) is 1.46. The van der Waals surface area contributed by atoms with E-state index in [-0.39, 0.29) is 5.82 Å². The number of hydrogen-bond acceptors (Lipinski definition) is 1. The average molecular weight is 381 g/mol. The second-order valence-corrected chi connectivity index (χ2v) is 3.66. The third kappa shape index (κ3) is 5.05. The first-order chi connectivity index (χ1) is 8.75. The van der Waals surface area contributed by atoms with Gasteiger partial charge in [-0.05, 0) is 6.07 Å². The summed E-state index contributed by atoms with van der Waals surface area (Å²) in [7, 11) is 0. The molecule has 18 heavy (non-hydrogen) atoms. The summed E-state index contributed by atoms with van der Waals surface area (Å²) in [6, 6.07) is 14.3.